The van der Waals surface area contributed by atoms with Crippen LogP contribution in [0.15, 0.2) is 23.1 Å². The fraction of sp³-hybridized carbons (Fsp3) is 0.500. The normalized spacial score (nSPS) is 19.7. The molecule has 2 fully saturated rings. The number of hydrogen-bond acceptors (Lipinski definition) is 7. The van der Waals surface area contributed by atoms with Gasteiger partial charge in [0.2, 0.25) is 0 Å². The first-order valence-corrected chi connectivity index (χ1v) is 10.6. The molecule has 0 N–H and O–H groups in total. The van der Waals surface area contributed by atoms with Crippen LogP contribution in [-0.2, 0) is 9.53 Å². The Labute approximate surface area is 175 Å². The highest BCUT2D eigenvalue weighted by molar-refractivity contribution is 8.26. The van der Waals surface area contributed by atoms with Gasteiger partial charge in [-0.3, -0.25) is 14.6 Å². The van der Waals surface area contributed by atoms with Gasteiger partial charge in [-0.1, -0.05) is 30.0 Å². The van der Waals surface area contributed by atoms with Crippen molar-refractivity contribution in [1.82, 2.24) is 9.80 Å². The lowest BCUT2D eigenvalue weighted by atomic mass is 10.2. The summed E-state index contributed by atoms with van der Waals surface area (Å²) in [5.41, 5.74) is 0.877. The number of amides is 1. The summed E-state index contributed by atoms with van der Waals surface area (Å²) in [4.78, 5) is 17.4. The molecule has 0 atom stereocenters. The van der Waals surface area contributed by atoms with E-state index in [2.05, 4.69) is 4.90 Å². The number of methoxy groups -OCH3 is 1. The average molecular weight is 423 g/mol. The molecule has 2 aliphatic heterocycles. The van der Waals surface area contributed by atoms with Crippen molar-refractivity contribution in [2.45, 2.75) is 20.0 Å². The van der Waals surface area contributed by atoms with Crippen molar-refractivity contribution in [2.75, 3.05) is 46.5 Å². The Hall–Kier alpha value is -1.61. The number of thioether (sulfide) groups is 1. The van der Waals surface area contributed by atoms with Crippen LogP contribution in [0.5, 0.6) is 11.5 Å². The van der Waals surface area contributed by atoms with Gasteiger partial charge < -0.3 is 14.2 Å². The minimum Gasteiger partial charge on any atom is -0.493 e. The molecule has 1 aromatic rings. The number of nitrogens with zero attached hydrogens (tertiary/aromatic N) is 2. The summed E-state index contributed by atoms with van der Waals surface area (Å²) in [6.45, 7) is 8.63. The summed E-state index contributed by atoms with van der Waals surface area (Å²) >= 11 is 6.78. The Morgan fingerprint density at radius 1 is 1.25 bits per heavy atom. The topological polar surface area (TPSA) is 51.2 Å². The zero-order valence-electron chi connectivity index (χ0n) is 16.5. The number of carbonyl (C=O) groups is 1. The second kappa shape index (κ2) is 9.73. The third-order valence-corrected chi connectivity index (χ3v) is 5.84. The molecule has 0 aromatic heterocycles. The van der Waals surface area contributed by atoms with E-state index < -0.39 is 0 Å². The van der Waals surface area contributed by atoms with Crippen molar-refractivity contribution < 1.29 is 19.0 Å². The van der Waals surface area contributed by atoms with Gasteiger partial charge in [0, 0.05) is 26.2 Å². The zero-order chi connectivity index (χ0) is 20.1. The van der Waals surface area contributed by atoms with E-state index in [0.29, 0.717) is 27.3 Å². The molecular weight excluding hydrogens is 396 g/mol. The van der Waals surface area contributed by atoms with E-state index in [1.807, 2.05) is 38.1 Å². The van der Waals surface area contributed by atoms with E-state index in [9.17, 15) is 4.79 Å². The number of ether oxygens (including phenoxy) is 3. The van der Waals surface area contributed by atoms with Crippen LogP contribution >= 0.6 is 24.0 Å². The van der Waals surface area contributed by atoms with Gasteiger partial charge in [-0.25, -0.2) is 0 Å². The molecule has 0 bridgehead atoms. The number of thiocarbonyl (C=S) groups is 1. The Kier molecular flexibility index (Phi) is 7.34. The van der Waals surface area contributed by atoms with Crippen molar-refractivity contribution in [1.29, 1.82) is 0 Å². The van der Waals surface area contributed by atoms with Crippen molar-refractivity contribution in [3.63, 3.8) is 0 Å². The monoisotopic (exact) mass is 422 g/mol. The molecule has 0 saturated carbocycles. The molecule has 3 rings (SSSR count). The van der Waals surface area contributed by atoms with Gasteiger partial charge in [-0.15, -0.1) is 0 Å². The Balaban J connectivity index is 1.68. The number of carbonyl (C=O) groups excluding carboxylic acids is 1. The molecule has 0 unspecified atom stereocenters. The van der Waals surface area contributed by atoms with Gasteiger partial charge in [0.25, 0.3) is 5.91 Å². The van der Waals surface area contributed by atoms with Gasteiger partial charge in [0.1, 0.15) is 4.32 Å². The molecule has 2 aliphatic rings. The quantitative estimate of drug-likeness (QED) is 0.494. The molecule has 28 heavy (non-hydrogen) atoms. The maximum Gasteiger partial charge on any atom is 0.266 e. The third-order valence-electron chi connectivity index (χ3n) is 4.47. The second-order valence-electron chi connectivity index (χ2n) is 6.86. The van der Waals surface area contributed by atoms with Gasteiger partial charge in [0.05, 0.1) is 31.3 Å². The van der Waals surface area contributed by atoms with Crippen LogP contribution in [-0.4, -0.2) is 72.6 Å². The largest absolute Gasteiger partial charge is 0.493 e. The summed E-state index contributed by atoms with van der Waals surface area (Å²) < 4.78 is 17.1. The highest BCUT2D eigenvalue weighted by atomic mass is 32.2. The van der Waals surface area contributed by atoms with E-state index in [-0.39, 0.29) is 12.0 Å². The standard InChI is InChI=1S/C20H26N2O4S2/c1-14(2)26-16-5-4-15(12-17(16)24-3)13-18-19(23)22(20(27)28-18)7-6-21-8-10-25-11-9-21/h4-5,12-14H,6-11H2,1-3H3/b18-13+. The molecule has 6 nitrogen and oxygen atoms in total. The number of hydrogen-bond donors (Lipinski definition) is 0. The molecule has 8 heteroatoms. The summed E-state index contributed by atoms with van der Waals surface area (Å²) in [5.74, 6) is 1.29. The van der Waals surface area contributed by atoms with Gasteiger partial charge in [0.15, 0.2) is 11.5 Å². The smallest absolute Gasteiger partial charge is 0.266 e. The molecule has 1 aromatic carbocycles. The van der Waals surface area contributed by atoms with Crippen LogP contribution in [0.2, 0.25) is 0 Å². The first kappa shape index (κ1) is 21.1. The number of rotatable bonds is 7. The second-order valence-corrected chi connectivity index (χ2v) is 8.54. The molecule has 0 aliphatic carbocycles. The predicted molar refractivity (Wildman–Crippen MR) is 116 cm³/mol. The average Bonchev–Trinajstić information content (AvgIpc) is 2.94. The number of morpholine rings is 1. The van der Waals surface area contributed by atoms with Gasteiger partial charge in [-0.2, -0.15) is 0 Å². The van der Waals surface area contributed by atoms with Crippen LogP contribution in [0.1, 0.15) is 19.4 Å². The highest BCUT2D eigenvalue weighted by Crippen LogP contribution is 2.35. The van der Waals surface area contributed by atoms with Gasteiger partial charge in [-0.05, 0) is 37.6 Å². The summed E-state index contributed by atoms with van der Waals surface area (Å²) in [5, 5.41) is 0. The van der Waals surface area contributed by atoms with Crippen LogP contribution < -0.4 is 9.47 Å². The van der Waals surface area contributed by atoms with Crippen molar-refractivity contribution in [2.24, 2.45) is 0 Å². The molecule has 2 saturated heterocycles. The summed E-state index contributed by atoms with van der Waals surface area (Å²) in [6, 6.07) is 5.66. The van der Waals surface area contributed by atoms with Gasteiger partial charge >= 0.3 is 0 Å². The molecule has 0 radical (unpaired) electrons. The molecule has 0 spiro atoms. The van der Waals surface area contributed by atoms with E-state index in [0.717, 1.165) is 38.4 Å². The van der Waals surface area contributed by atoms with Crippen LogP contribution in [0, 0.1) is 0 Å². The molecule has 1 amide bonds. The summed E-state index contributed by atoms with van der Waals surface area (Å²) in [6.07, 6.45) is 1.91. The van der Waals surface area contributed by atoms with Crippen LogP contribution in [0.25, 0.3) is 6.08 Å². The first-order chi connectivity index (χ1) is 13.5. The van der Waals surface area contributed by atoms with Crippen LogP contribution in [0.3, 0.4) is 0 Å². The Morgan fingerprint density at radius 2 is 2.00 bits per heavy atom. The van der Waals surface area contributed by atoms with Crippen molar-refractivity contribution in [3.8, 4) is 11.5 Å². The minimum absolute atomic E-state index is 0.0373. The zero-order valence-corrected chi connectivity index (χ0v) is 18.1. The SMILES string of the molecule is COc1cc(/C=C2/SC(=S)N(CCN3CCOCC3)C2=O)ccc1OC(C)C. The fourth-order valence-corrected chi connectivity index (χ4v) is 4.34. The van der Waals surface area contributed by atoms with E-state index >= 15 is 0 Å². The molecule has 2 heterocycles. The fourth-order valence-electron chi connectivity index (χ4n) is 3.04. The van der Waals surface area contributed by atoms with Crippen LogP contribution in [0.4, 0.5) is 0 Å². The van der Waals surface area contributed by atoms with E-state index in [4.69, 9.17) is 26.4 Å². The maximum absolute atomic E-state index is 12.8. The highest BCUT2D eigenvalue weighted by Gasteiger charge is 2.32. The maximum atomic E-state index is 12.8. The molecule has 152 valence electrons. The Bertz CT molecular complexity index is 761. The van der Waals surface area contributed by atoms with E-state index in [1.54, 1.807) is 12.0 Å². The third kappa shape index (κ3) is 5.26. The lowest BCUT2D eigenvalue weighted by Crippen LogP contribution is -2.42. The van der Waals surface area contributed by atoms with Crippen molar-refractivity contribution >= 4 is 40.3 Å². The van der Waals surface area contributed by atoms with E-state index in [1.165, 1.54) is 11.8 Å². The van der Waals surface area contributed by atoms with Crippen molar-refractivity contribution in [3.05, 3.63) is 28.7 Å². The summed E-state index contributed by atoms with van der Waals surface area (Å²) in [7, 11) is 1.61. The lowest BCUT2D eigenvalue weighted by molar-refractivity contribution is -0.122. The lowest BCUT2D eigenvalue weighted by Gasteiger charge is -2.28. The number of benzene rings is 1. The Morgan fingerprint density at radius 3 is 2.68 bits per heavy atom. The predicted octanol–water partition coefficient (Wildman–Crippen LogP) is 3.02. The minimum atomic E-state index is -0.0373. The molecular formula is C20H26N2O4S2. The first-order valence-electron chi connectivity index (χ1n) is 9.38.